The highest BCUT2D eigenvalue weighted by molar-refractivity contribution is 7.89. The van der Waals surface area contributed by atoms with Crippen LogP contribution >= 0.6 is 0 Å². The third-order valence-corrected chi connectivity index (χ3v) is 10.2. The van der Waals surface area contributed by atoms with Crippen LogP contribution in [0.25, 0.3) is 0 Å². The molecule has 0 aliphatic carbocycles. The fourth-order valence-electron chi connectivity index (χ4n) is 6.14. The summed E-state index contributed by atoms with van der Waals surface area (Å²) in [7, 11) is 2.30. The number of likely N-dealkylation sites (N-methyl/N-ethyl adjacent to an activating group) is 1. The van der Waals surface area contributed by atoms with Gasteiger partial charge >= 0.3 is 0 Å². The number of amides is 5. The number of benzene rings is 1. The van der Waals surface area contributed by atoms with Crippen LogP contribution in [-0.4, -0.2) is 120 Å². The largest absolute Gasteiger partial charge is 0.388 e. The summed E-state index contributed by atoms with van der Waals surface area (Å²) in [6.45, 7) is 5.27. The minimum absolute atomic E-state index is 0.0187. The third kappa shape index (κ3) is 11.4. The summed E-state index contributed by atoms with van der Waals surface area (Å²) >= 11 is 0. The van der Waals surface area contributed by atoms with E-state index in [1.165, 1.54) is 19.1 Å². The van der Waals surface area contributed by atoms with E-state index in [4.69, 9.17) is 9.47 Å². The number of carbonyl (C=O) groups is 5. The van der Waals surface area contributed by atoms with Crippen LogP contribution in [0.15, 0.2) is 24.3 Å². The molecule has 0 aromatic heterocycles. The molecule has 5 amide bonds. The summed E-state index contributed by atoms with van der Waals surface area (Å²) in [6.07, 6.45) is 1.07. The lowest BCUT2D eigenvalue weighted by atomic mass is 9.90. The van der Waals surface area contributed by atoms with Gasteiger partial charge in [0.1, 0.15) is 0 Å². The Bertz CT molecular complexity index is 1340. The molecule has 0 spiro atoms. The molecule has 0 radical (unpaired) electrons. The molecule has 0 bridgehead atoms. The van der Waals surface area contributed by atoms with Crippen LogP contribution in [0.2, 0.25) is 0 Å². The highest BCUT2D eigenvalue weighted by Crippen LogP contribution is 2.29. The number of likely N-dealkylation sites (tertiary alicyclic amines) is 1. The van der Waals surface area contributed by atoms with Crippen molar-refractivity contribution in [2.75, 3.05) is 53.3 Å². The zero-order valence-corrected chi connectivity index (χ0v) is 29.8. The smallest absolute Gasteiger partial charge is 0.252 e. The summed E-state index contributed by atoms with van der Waals surface area (Å²) in [5.41, 5.74) is 1.30. The fourth-order valence-corrected chi connectivity index (χ4v) is 7.26. The lowest BCUT2D eigenvalue weighted by Gasteiger charge is -2.39. The van der Waals surface area contributed by atoms with Gasteiger partial charge in [0.05, 0.1) is 55.5 Å². The molecule has 6 unspecified atom stereocenters. The number of nitrogens with one attached hydrogen (secondary N) is 4. The summed E-state index contributed by atoms with van der Waals surface area (Å²) in [5, 5.41) is 7.81. The minimum atomic E-state index is -4.00. The summed E-state index contributed by atoms with van der Waals surface area (Å²) < 4.78 is 38.5. The lowest BCUT2D eigenvalue weighted by molar-refractivity contribution is -0.145. The Morgan fingerprint density at radius 3 is 2.31 bits per heavy atom. The van der Waals surface area contributed by atoms with E-state index in [0.717, 1.165) is 12.1 Å². The van der Waals surface area contributed by atoms with Gasteiger partial charge in [0, 0.05) is 40.5 Å². The first-order valence-electron chi connectivity index (χ1n) is 16.1. The van der Waals surface area contributed by atoms with Crippen LogP contribution in [0.4, 0.5) is 5.69 Å². The Morgan fingerprint density at radius 1 is 1.08 bits per heavy atom. The van der Waals surface area contributed by atoms with Crippen molar-refractivity contribution in [3.05, 3.63) is 29.8 Å². The van der Waals surface area contributed by atoms with E-state index >= 15 is 0 Å². The molecule has 6 atom stereocenters. The van der Waals surface area contributed by atoms with Crippen molar-refractivity contribution >= 4 is 45.7 Å². The molecule has 1 aromatic rings. The average Bonchev–Trinajstić information content (AvgIpc) is 3.55. The fraction of sp³-hybridized carbons (Fsp3) is 0.656. The van der Waals surface area contributed by atoms with Crippen LogP contribution in [-0.2, 0) is 49.2 Å². The predicted octanol–water partition coefficient (Wildman–Crippen LogP) is 0.457. The molecule has 1 heterocycles. The Balaban J connectivity index is 2.05. The van der Waals surface area contributed by atoms with E-state index in [1.54, 1.807) is 50.2 Å². The number of hydrogen-bond donors (Lipinski definition) is 4. The number of hydrogen-bond acceptors (Lipinski definition) is 10. The van der Waals surface area contributed by atoms with E-state index in [2.05, 4.69) is 16.0 Å². The van der Waals surface area contributed by atoms with Gasteiger partial charge in [-0.15, -0.1) is 0 Å². The van der Waals surface area contributed by atoms with Crippen LogP contribution in [0.5, 0.6) is 0 Å². The highest BCUT2D eigenvalue weighted by atomic mass is 32.2. The summed E-state index contributed by atoms with van der Waals surface area (Å²) in [4.78, 5) is 66.0. The Hall–Kier alpha value is -3.76. The SMILES string of the molecule is CCC(C)C(C(CC(=O)N1CCCC1C(OC)C(C)C(=O)NCC(=O)NS(=O)(=O)Cc1ccc(NC)cc1)OC)N(C)C(=O)CNC=O. The molecule has 15 nitrogen and oxygen atoms in total. The molecule has 16 heteroatoms. The Morgan fingerprint density at radius 2 is 1.75 bits per heavy atom. The monoisotopic (exact) mass is 696 g/mol. The van der Waals surface area contributed by atoms with Crippen molar-refractivity contribution in [1.82, 2.24) is 25.2 Å². The minimum Gasteiger partial charge on any atom is -0.388 e. The quantitative estimate of drug-likeness (QED) is 0.139. The molecule has 2 rings (SSSR count). The van der Waals surface area contributed by atoms with Crippen LogP contribution in [0.3, 0.4) is 0 Å². The second kappa shape index (κ2) is 19.3. The van der Waals surface area contributed by atoms with Gasteiger partial charge in [0.15, 0.2) is 0 Å². The Kier molecular flexibility index (Phi) is 16.2. The molecule has 4 N–H and O–H groups in total. The molecule has 1 saturated heterocycles. The van der Waals surface area contributed by atoms with Gasteiger partial charge in [-0.2, -0.15) is 0 Å². The second-order valence-corrected chi connectivity index (χ2v) is 13.8. The number of sulfonamides is 1. The van der Waals surface area contributed by atoms with E-state index < -0.39 is 64.3 Å². The number of rotatable bonds is 20. The molecular formula is C32H52N6O9S. The van der Waals surface area contributed by atoms with Crippen molar-refractivity contribution in [1.29, 1.82) is 0 Å². The normalized spacial score (nSPS) is 17.7. The van der Waals surface area contributed by atoms with Crippen molar-refractivity contribution in [2.45, 2.75) is 76.5 Å². The van der Waals surface area contributed by atoms with Crippen LogP contribution in [0.1, 0.15) is 52.0 Å². The van der Waals surface area contributed by atoms with Crippen LogP contribution in [0, 0.1) is 11.8 Å². The van der Waals surface area contributed by atoms with Crippen molar-refractivity contribution in [3.8, 4) is 0 Å². The van der Waals surface area contributed by atoms with Crippen LogP contribution < -0.4 is 20.7 Å². The number of ether oxygens (including phenoxy) is 2. The van der Waals surface area contributed by atoms with Crippen molar-refractivity contribution < 1.29 is 41.9 Å². The second-order valence-electron chi connectivity index (χ2n) is 12.1. The van der Waals surface area contributed by atoms with Crippen molar-refractivity contribution in [2.24, 2.45) is 11.8 Å². The molecule has 48 heavy (non-hydrogen) atoms. The number of nitrogens with zero attached hydrogens (tertiary/aromatic N) is 2. The maximum absolute atomic E-state index is 13.7. The summed E-state index contributed by atoms with van der Waals surface area (Å²) in [6, 6.07) is 5.82. The first-order chi connectivity index (χ1) is 22.7. The molecule has 1 aliphatic rings. The van der Waals surface area contributed by atoms with E-state index in [1.807, 2.05) is 18.6 Å². The van der Waals surface area contributed by atoms with Gasteiger partial charge in [-0.05, 0) is 36.5 Å². The standard InChI is InChI=1S/C32H52N6O9S/c1-8-21(2)30(37(5)29(42)18-34-20-39)26(46-6)16-28(41)38-15-9-10-25(38)31(47-7)22(3)32(43)35-17-27(40)36-48(44,45)19-23-11-13-24(33-4)14-12-23/h11-14,20-22,25-26,30-31,33H,8-10,15-19H2,1-7H3,(H,34,39)(H,35,43)(H,36,40). The van der Waals surface area contributed by atoms with Gasteiger partial charge in [0.25, 0.3) is 5.91 Å². The highest BCUT2D eigenvalue weighted by Gasteiger charge is 2.42. The molecule has 1 aliphatic heterocycles. The third-order valence-electron chi connectivity index (χ3n) is 8.93. The van der Waals surface area contributed by atoms with Gasteiger partial charge in [-0.1, -0.05) is 39.3 Å². The van der Waals surface area contributed by atoms with Gasteiger partial charge < -0.3 is 35.2 Å². The van der Waals surface area contributed by atoms with Crippen molar-refractivity contribution in [3.63, 3.8) is 0 Å². The van der Waals surface area contributed by atoms with E-state index in [-0.39, 0.29) is 30.7 Å². The molecular weight excluding hydrogens is 644 g/mol. The molecule has 1 aromatic carbocycles. The zero-order chi connectivity index (χ0) is 36.0. The maximum atomic E-state index is 13.7. The first kappa shape index (κ1) is 40.4. The Labute approximate surface area is 283 Å². The van der Waals surface area contributed by atoms with Gasteiger partial charge in [-0.25, -0.2) is 8.42 Å². The maximum Gasteiger partial charge on any atom is 0.252 e. The predicted molar refractivity (Wildman–Crippen MR) is 180 cm³/mol. The van der Waals surface area contributed by atoms with E-state index in [0.29, 0.717) is 31.4 Å². The molecule has 270 valence electrons. The number of anilines is 1. The first-order valence-corrected chi connectivity index (χ1v) is 17.7. The van der Waals surface area contributed by atoms with Gasteiger partial charge in [-0.3, -0.25) is 28.7 Å². The lowest BCUT2D eigenvalue weighted by Crippen LogP contribution is -2.54. The van der Waals surface area contributed by atoms with E-state index in [9.17, 15) is 32.4 Å². The zero-order valence-electron chi connectivity index (χ0n) is 29.0. The number of carbonyl (C=O) groups excluding carboxylic acids is 5. The van der Waals surface area contributed by atoms with Gasteiger partial charge in [0.2, 0.25) is 34.2 Å². The summed E-state index contributed by atoms with van der Waals surface area (Å²) in [5.74, 6) is -3.17. The molecule has 0 saturated carbocycles. The number of methoxy groups -OCH3 is 2. The molecule has 1 fully saturated rings. The topological polar surface area (TPSA) is 193 Å². The average molecular weight is 697 g/mol.